The van der Waals surface area contributed by atoms with Crippen LogP contribution >= 0.6 is 0 Å². The van der Waals surface area contributed by atoms with E-state index in [1.165, 1.54) is 12.0 Å². The van der Waals surface area contributed by atoms with Gasteiger partial charge in [-0.05, 0) is 38.0 Å². The Bertz CT molecular complexity index is 935. The van der Waals surface area contributed by atoms with Gasteiger partial charge in [-0.2, -0.15) is 0 Å². The first kappa shape index (κ1) is 19.5. The van der Waals surface area contributed by atoms with Crippen LogP contribution < -0.4 is 10.6 Å². The van der Waals surface area contributed by atoms with Crippen molar-refractivity contribution in [3.63, 3.8) is 0 Å². The zero-order chi connectivity index (χ0) is 20.5. The van der Waals surface area contributed by atoms with Crippen LogP contribution in [0, 0.1) is 6.92 Å². The van der Waals surface area contributed by atoms with Gasteiger partial charge in [0, 0.05) is 0 Å². The molecule has 1 atom stereocenters. The number of hydrogen-bond donors (Lipinski definition) is 1. The summed E-state index contributed by atoms with van der Waals surface area (Å²) in [6.07, 6.45) is 0. The number of aryl methyl sites for hydroxylation is 1. The van der Waals surface area contributed by atoms with Crippen molar-refractivity contribution in [1.82, 2.24) is 0 Å². The van der Waals surface area contributed by atoms with E-state index in [2.05, 4.69) is 0 Å². The van der Waals surface area contributed by atoms with E-state index in [1.54, 1.807) is 12.1 Å². The summed E-state index contributed by atoms with van der Waals surface area (Å²) >= 11 is 0. The summed E-state index contributed by atoms with van der Waals surface area (Å²) in [5.74, 6) is -0.885. The Kier molecular flexibility index (Phi) is 5.14. The van der Waals surface area contributed by atoms with Crippen molar-refractivity contribution in [2.75, 3.05) is 12.0 Å². The molecule has 0 aliphatic carbocycles. The number of ether oxygens (including phenoxy) is 2. The Labute approximate surface area is 164 Å². The maximum absolute atomic E-state index is 12.8. The lowest BCUT2D eigenvalue weighted by Gasteiger charge is -2.29. The highest BCUT2D eigenvalue weighted by molar-refractivity contribution is 5.99. The molecule has 28 heavy (non-hydrogen) atoms. The average molecular weight is 380 g/mol. The quantitative estimate of drug-likeness (QED) is 0.817. The van der Waals surface area contributed by atoms with Crippen LogP contribution in [0.1, 0.15) is 30.9 Å². The Balaban J connectivity index is 2.26. The second-order valence-electron chi connectivity index (χ2n) is 7.22. The fraction of sp³-hybridized carbons (Fsp3) is 0.273. The summed E-state index contributed by atoms with van der Waals surface area (Å²) in [5, 5.41) is 0. The lowest BCUT2D eigenvalue weighted by Crippen LogP contribution is -2.37. The van der Waals surface area contributed by atoms with Crippen LogP contribution in [0.25, 0.3) is 0 Å². The minimum absolute atomic E-state index is 0.104. The number of nitrogens with zero attached hydrogens (tertiary/aromatic N) is 1. The zero-order valence-electron chi connectivity index (χ0n) is 16.4. The Morgan fingerprint density at radius 1 is 1.07 bits per heavy atom. The topological polar surface area (TPSA) is 81.9 Å². The third-order valence-corrected chi connectivity index (χ3v) is 4.89. The number of hydrogen-bond acceptors (Lipinski definition) is 4. The van der Waals surface area contributed by atoms with E-state index in [1.807, 2.05) is 63.2 Å². The lowest BCUT2D eigenvalue weighted by molar-refractivity contribution is -0.136. The summed E-state index contributed by atoms with van der Waals surface area (Å²) in [5.41, 5.74) is 7.44. The number of nitrogens with two attached hydrogens (primary N) is 1. The van der Waals surface area contributed by atoms with Crippen LogP contribution in [-0.4, -0.2) is 24.7 Å². The molecule has 2 amide bonds. The summed E-state index contributed by atoms with van der Waals surface area (Å²) in [6.45, 7) is 5.60. The Hall–Kier alpha value is -3.28. The first-order valence-electron chi connectivity index (χ1n) is 8.99. The normalized spacial score (nSPS) is 17.8. The molecular formula is C22H24N2O4. The Morgan fingerprint density at radius 3 is 2.25 bits per heavy atom. The van der Waals surface area contributed by atoms with Crippen molar-refractivity contribution in [3.05, 3.63) is 77.2 Å². The largest absolute Gasteiger partial charge is 0.471 e. The van der Waals surface area contributed by atoms with Gasteiger partial charge in [0.15, 0.2) is 0 Å². The van der Waals surface area contributed by atoms with E-state index in [4.69, 9.17) is 15.2 Å². The molecule has 146 valence electrons. The van der Waals surface area contributed by atoms with Crippen molar-refractivity contribution in [2.24, 2.45) is 5.73 Å². The number of methoxy groups -OCH3 is 1. The van der Waals surface area contributed by atoms with Crippen LogP contribution in [0.5, 0.6) is 0 Å². The number of urea groups is 1. The molecule has 1 unspecified atom stereocenters. The van der Waals surface area contributed by atoms with Crippen molar-refractivity contribution < 1.29 is 19.1 Å². The molecule has 0 saturated heterocycles. The zero-order valence-corrected chi connectivity index (χ0v) is 16.4. The van der Waals surface area contributed by atoms with Crippen LogP contribution in [-0.2, 0) is 14.3 Å². The Morgan fingerprint density at radius 2 is 1.68 bits per heavy atom. The van der Waals surface area contributed by atoms with E-state index in [-0.39, 0.29) is 11.5 Å². The predicted octanol–water partition coefficient (Wildman–Crippen LogP) is 3.86. The molecule has 2 aromatic rings. The number of anilines is 1. The molecule has 0 spiro atoms. The van der Waals surface area contributed by atoms with Crippen molar-refractivity contribution in [3.8, 4) is 0 Å². The van der Waals surface area contributed by atoms with Crippen LogP contribution in [0.4, 0.5) is 10.5 Å². The fourth-order valence-corrected chi connectivity index (χ4v) is 3.67. The standard InChI is InChI=1S/C22H24N2O4/c1-14-10-8-9-13-16(14)24(21(23)26)19-17(20(25)27-4)18(22(2,3)28-19)15-11-6-5-7-12-15/h5-13,18H,1-4H3,(H2,23,26). The number of primary amides is 1. The minimum atomic E-state index is -0.795. The van der Waals surface area contributed by atoms with Gasteiger partial charge in [0.2, 0.25) is 5.88 Å². The van der Waals surface area contributed by atoms with Gasteiger partial charge in [-0.25, -0.2) is 14.5 Å². The molecule has 6 heteroatoms. The van der Waals surface area contributed by atoms with Crippen molar-refractivity contribution in [2.45, 2.75) is 32.3 Å². The van der Waals surface area contributed by atoms with Crippen LogP contribution in [0.15, 0.2) is 66.1 Å². The summed E-state index contributed by atoms with van der Waals surface area (Å²) in [4.78, 5) is 26.5. The smallest absolute Gasteiger partial charge is 0.339 e. The molecule has 1 heterocycles. The SMILES string of the molecule is COC(=O)C1=C(N(C(N)=O)c2ccccc2C)OC(C)(C)C1c1ccccc1. The van der Waals surface area contributed by atoms with E-state index in [0.29, 0.717) is 5.69 Å². The van der Waals surface area contributed by atoms with Gasteiger partial charge < -0.3 is 15.2 Å². The number of carbonyl (C=O) groups excluding carboxylic acids is 2. The second kappa shape index (κ2) is 7.38. The first-order chi connectivity index (χ1) is 13.3. The molecule has 2 aromatic carbocycles. The molecule has 1 aliphatic heterocycles. The molecule has 6 nitrogen and oxygen atoms in total. The highest BCUT2D eigenvalue weighted by Gasteiger charge is 2.50. The lowest BCUT2D eigenvalue weighted by atomic mass is 9.81. The van der Waals surface area contributed by atoms with Crippen LogP contribution in [0.2, 0.25) is 0 Å². The molecule has 1 aliphatic rings. The number of carbonyl (C=O) groups is 2. The van der Waals surface area contributed by atoms with E-state index in [9.17, 15) is 9.59 Å². The highest BCUT2D eigenvalue weighted by atomic mass is 16.5. The van der Waals surface area contributed by atoms with E-state index >= 15 is 0 Å². The molecule has 0 aromatic heterocycles. The molecule has 0 fully saturated rings. The fourth-order valence-electron chi connectivity index (χ4n) is 3.67. The molecular weight excluding hydrogens is 356 g/mol. The number of amides is 2. The van der Waals surface area contributed by atoms with E-state index < -0.39 is 23.5 Å². The average Bonchev–Trinajstić information content (AvgIpc) is 2.94. The van der Waals surface area contributed by atoms with Crippen LogP contribution in [0.3, 0.4) is 0 Å². The van der Waals surface area contributed by atoms with Gasteiger partial charge >= 0.3 is 12.0 Å². The molecule has 0 radical (unpaired) electrons. The molecule has 0 saturated carbocycles. The number of rotatable bonds is 4. The van der Waals surface area contributed by atoms with Gasteiger partial charge in [0.25, 0.3) is 0 Å². The minimum Gasteiger partial charge on any atom is -0.471 e. The first-order valence-corrected chi connectivity index (χ1v) is 8.99. The molecule has 3 rings (SSSR count). The van der Waals surface area contributed by atoms with Gasteiger partial charge in [0.05, 0.1) is 18.7 Å². The van der Waals surface area contributed by atoms with Crippen molar-refractivity contribution >= 4 is 17.7 Å². The third-order valence-electron chi connectivity index (χ3n) is 4.89. The van der Waals surface area contributed by atoms with Crippen molar-refractivity contribution in [1.29, 1.82) is 0 Å². The number of esters is 1. The number of para-hydroxylation sites is 1. The van der Waals surface area contributed by atoms with Gasteiger partial charge in [-0.1, -0.05) is 48.5 Å². The van der Waals surface area contributed by atoms with Gasteiger partial charge in [-0.15, -0.1) is 0 Å². The number of benzene rings is 2. The van der Waals surface area contributed by atoms with Gasteiger partial charge in [0.1, 0.15) is 11.2 Å². The summed E-state index contributed by atoms with van der Waals surface area (Å²) < 4.78 is 11.2. The highest BCUT2D eigenvalue weighted by Crippen LogP contribution is 2.48. The molecule has 0 bridgehead atoms. The maximum atomic E-state index is 12.8. The summed E-state index contributed by atoms with van der Waals surface area (Å²) in [6, 6.07) is 16.1. The maximum Gasteiger partial charge on any atom is 0.339 e. The monoisotopic (exact) mass is 380 g/mol. The second-order valence-corrected chi connectivity index (χ2v) is 7.22. The third kappa shape index (κ3) is 3.33. The predicted molar refractivity (Wildman–Crippen MR) is 107 cm³/mol. The molecule has 2 N–H and O–H groups in total. The van der Waals surface area contributed by atoms with Gasteiger partial charge in [-0.3, -0.25) is 0 Å². The summed E-state index contributed by atoms with van der Waals surface area (Å²) in [7, 11) is 1.31. The van der Waals surface area contributed by atoms with E-state index in [0.717, 1.165) is 11.1 Å².